The van der Waals surface area contributed by atoms with Crippen molar-refractivity contribution in [1.29, 1.82) is 0 Å². The van der Waals surface area contributed by atoms with E-state index in [2.05, 4.69) is 15.7 Å². The van der Waals surface area contributed by atoms with E-state index in [-0.39, 0.29) is 5.71 Å². The molecular formula is C13H16N4O3. The summed E-state index contributed by atoms with van der Waals surface area (Å²) in [5.74, 6) is -0.433. The van der Waals surface area contributed by atoms with Gasteiger partial charge in [0.2, 0.25) is 5.54 Å². The Labute approximate surface area is 116 Å². The molecular weight excluding hydrogens is 260 g/mol. The summed E-state index contributed by atoms with van der Waals surface area (Å²) in [6.07, 6.45) is 0. The number of hydrogen-bond acceptors (Lipinski definition) is 6. The van der Waals surface area contributed by atoms with Crippen LogP contribution < -0.4 is 5.48 Å². The highest BCUT2D eigenvalue weighted by Gasteiger charge is 2.53. The molecule has 1 unspecified atom stereocenters. The van der Waals surface area contributed by atoms with Crippen molar-refractivity contribution in [2.45, 2.75) is 12.5 Å². The van der Waals surface area contributed by atoms with Crippen LogP contribution in [0.4, 0.5) is 0 Å². The van der Waals surface area contributed by atoms with Crippen molar-refractivity contribution < 1.29 is 14.8 Å². The first kappa shape index (κ1) is 14.2. The number of nitrogens with zero attached hydrogens (tertiary/aromatic N) is 3. The van der Waals surface area contributed by atoms with E-state index in [0.29, 0.717) is 11.3 Å². The Bertz CT molecular complexity index is 570. The first-order valence-corrected chi connectivity index (χ1v) is 6.00. The van der Waals surface area contributed by atoms with Crippen LogP contribution in [0.5, 0.6) is 0 Å². The number of hydrogen-bond donors (Lipinski definition) is 2. The first-order valence-electron chi connectivity index (χ1n) is 6.00. The van der Waals surface area contributed by atoms with Crippen molar-refractivity contribution in [2.75, 3.05) is 14.2 Å². The van der Waals surface area contributed by atoms with E-state index in [1.807, 2.05) is 18.2 Å². The minimum Gasteiger partial charge on any atom is -0.399 e. The highest BCUT2D eigenvalue weighted by Crippen LogP contribution is 2.25. The van der Waals surface area contributed by atoms with Gasteiger partial charge in [0, 0.05) is 12.6 Å². The van der Waals surface area contributed by atoms with Crippen LogP contribution in [0.2, 0.25) is 0 Å². The highest BCUT2D eigenvalue weighted by atomic mass is 16.6. The molecule has 0 aliphatic carbocycles. The van der Waals surface area contributed by atoms with Crippen molar-refractivity contribution in [3.05, 3.63) is 35.9 Å². The van der Waals surface area contributed by atoms with Crippen molar-refractivity contribution in [1.82, 2.24) is 10.5 Å². The second-order valence-electron chi connectivity index (χ2n) is 4.36. The normalized spacial score (nSPS) is 23.0. The summed E-state index contributed by atoms with van der Waals surface area (Å²) in [6.45, 7) is 1.59. The zero-order chi connectivity index (χ0) is 14.8. The lowest BCUT2D eigenvalue weighted by molar-refractivity contribution is -0.133. The van der Waals surface area contributed by atoms with Crippen LogP contribution in [-0.2, 0) is 9.63 Å². The maximum absolute atomic E-state index is 12.4. The smallest absolute Gasteiger partial charge is 0.277 e. The standard InChI is InChI=1S/C13H16N4O3/c1-9(15-20-3)13(16-19)11(14-17(2)12(13)18)10-7-5-4-6-8-10/h4-8,16,19H,1-3H3/b15-9+. The number of rotatable bonds is 4. The van der Waals surface area contributed by atoms with Crippen LogP contribution in [0.15, 0.2) is 40.6 Å². The fourth-order valence-corrected chi connectivity index (χ4v) is 2.20. The molecule has 0 saturated heterocycles. The Morgan fingerprint density at radius 2 is 2.10 bits per heavy atom. The Hall–Kier alpha value is -2.25. The summed E-state index contributed by atoms with van der Waals surface area (Å²) in [6, 6.07) is 9.11. The third-order valence-corrected chi connectivity index (χ3v) is 3.21. The van der Waals surface area contributed by atoms with Crippen molar-refractivity contribution in [3.63, 3.8) is 0 Å². The van der Waals surface area contributed by atoms with Gasteiger partial charge in [-0.05, 0) is 6.92 Å². The van der Waals surface area contributed by atoms with Gasteiger partial charge in [-0.1, -0.05) is 35.5 Å². The van der Waals surface area contributed by atoms with Crippen LogP contribution in [0.25, 0.3) is 0 Å². The van der Waals surface area contributed by atoms with Crippen LogP contribution in [-0.4, -0.2) is 47.2 Å². The van der Waals surface area contributed by atoms with Gasteiger partial charge in [-0.15, -0.1) is 0 Å². The van der Waals surface area contributed by atoms with E-state index in [1.165, 1.54) is 19.2 Å². The maximum Gasteiger partial charge on any atom is 0.277 e. The lowest BCUT2D eigenvalue weighted by Crippen LogP contribution is -2.61. The summed E-state index contributed by atoms with van der Waals surface area (Å²) in [7, 11) is 2.89. The molecule has 0 spiro atoms. The monoisotopic (exact) mass is 276 g/mol. The van der Waals surface area contributed by atoms with Crippen molar-refractivity contribution >= 4 is 17.3 Å². The molecule has 2 N–H and O–H groups in total. The van der Waals surface area contributed by atoms with Gasteiger partial charge in [0.1, 0.15) is 12.8 Å². The van der Waals surface area contributed by atoms with Crippen molar-refractivity contribution in [2.24, 2.45) is 10.3 Å². The van der Waals surface area contributed by atoms with E-state index >= 15 is 0 Å². The van der Waals surface area contributed by atoms with Gasteiger partial charge in [0.05, 0.1) is 5.71 Å². The Kier molecular flexibility index (Phi) is 3.82. The van der Waals surface area contributed by atoms with Gasteiger partial charge >= 0.3 is 0 Å². The second-order valence-corrected chi connectivity index (χ2v) is 4.36. The predicted octanol–water partition coefficient (Wildman–Crippen LogP) is 0.603. The van der Waals surface area contributed by atoms with Gasteiger partial charge in [-0.3, -0.25) is 4.79 Å². The molecule has 1 aromatic rings. The van der Waals surface area contributed by atoms with Gasteiger partial charge in [-0.2, -0.15) is 10.6 Å². The number of hydroxylamine groups is 1. The number of hydrazone groups is 1. The average Bonchev–Trinajstić information content (AvgIpc) is 2.73. The molecule has 1 aliphatic heterocycles. The highest BCUT2D eigenvalue weighted by molar-refractivity contribution is 6.37. The quantitative estimate of drug-likeness (QED) is 0.623. The minimum atomic E-state index is -1.54. The molecule has 0 fully saturated rings. The zero-order valence-corrected chi connectivity index (χ0v) is 11.5. The summed E-state index contributed by atoms with van der Waals surface area (Å²) in [4.78, 5) is 17.1. The van der Waals surface area contributed by atoms with E-state index in [0.717, 1.165) is 0 Å². The molecule has 1 atom stereocenters. The molecule has 7 heteroatoms. The molecule has 1 aliphatic rings. The third kappa shape index (κ3) is 1.97. The summed E-state index contributed by atoms with van der Waals surface area (Å²) in [5.41, 5.74) is 1.86. The third-order valence-electron chi connectivity index (χ3n) is 3.21. The van der Waals surface area contributed by atoms with Crippen LogP contribution in [0.1, 0.15) is 12.5 Å². The van der Waals surface area contributed by atoms with Crippen LogP contribution >= 0.6 is 0 Å². The van der Waals surface area contributed by atoms with E-state index in [4.69, 9.17) is 4.84 Å². The largest absolute Gasteiger partial charge is 0.399 e. The Morgan fingerprint density at radius 1 is 1.45 bits per heavy atom. The first-order chi connectivity index (χ1) is 9.57. The molecule has 1 aromatic carbocycles. The van der Waals surface area contributed by atoms with E-state index in [1.54, 1.807) is 19.1 Å². The van der Waals surface area contributed by atoms with E-state index in [9.17, 15) is 10.0 Å². The number of benzene rings is 1. The summed E-state index contributed by atoms with van der Waals surface area (Å²) >= 11 is 0. The number of carbonyl (C=O) groups excluding carboxylic acids is 1. The molecule has 7 nitrogen and oxygen atoms in total. The Balaban J connectivity index is 2.61. The summed E-state index contributed by atoms with van der Waals surface area (Å²) in [5, 5.41) is 18.8. The average molecular weight is 276 g/mol. The molecule has 0 radical (unpaired) electrons. The molecule has 0 aromatic heterocycles. The second kappa shape index (κ2) is 5.40. The maximum atomic E-state index is 12.4. The van der Waals surface area contributed by atoms with Gasteiger partial charge < -0.3 is 10.0 Å². The Morgan fingerprint density at radius 3 is 2.65 bits per heavy atom. The predicted molar refractivity (Wildman–Crippen MR) is 73.5 cm³/mol. The molecule has 106 valence electrons. The molecule has 2 rings (SSSR count). The number of carbonyl (C=O) groups is 1. The molecule has 1 amide bonds. The molecule has 20 heavy (non-hydrogen) atoms. The summed E-state index contributed by atoms with van der Waals surface area (Å²) < 4.78 is 0. The number of oxime groups is 1. The lowest BCUT2D eigenvalue weighted by Gasteiger charge is -2.26. The molecule has 0 bridgehead atoms. The van der Waals surface area contributed by atoms with Crippen LogP contribution in [0.3, 0.4) is 0 Å². The number of amides is 1. The molecule has 0 saturated carbocycles. The van der Waals surface area contributed by atoms with Crippen LogP contribution in [0, 0.1) is 0 Å². The van der Waals surface area contributed by atoms with Gasteiger partial charge in [0.25, 0.3) is 5.91 Å². The SMILES string of the molecule is CO/N=C(\C)C1(NO)C(=O)N(C)N=C1c1ccccc1. The van der Waals surface area contributed by atoms with Crippen molar-refractivity contribution in [3.8, 4) is 0 Å². The fourth-order valence-electron chi connectivity index (χ4n) is 2.20. The van der Waals surface area contributed by atoms with E-state index < -0.39 is 11.4 Å². The number of nitrogens with one attached hydrogen (secondary N) is 1. The topological polar surface area (TPSA) is 86.5 Å². The zero-order valence-electron chi connectivity index (χ0n) is 11.5. The molecule has 1 heterocycles. The fraction of sp³-hybridized carbons (Fsp3) is 0.308. The lowest BCUT2D eigenvalue weighted by atomic mass is 9.85. The van der Waals surface area contributed by atoms with Gasteiger partial charge in [-0.25, -0.2) is 5.01 Å². The minimum absolute atomic E-state index is 0.263. The number of likely N-dealkylation sites (N-methyl/N-ethyl adjacent to an activating group) is 1. The van der Waals surface area contributed by atoms with Gasteiger partial charge in [0.15, 0.2) is 0 Å².